The van der Waals surface area contributed by atoms with Crippen molar-refractivity contribution in [3.05, 3.63) is 0 Å². The van der Waals surface area contributed by atoms with Crippen molar-refractivity contribution in [3.8, 4) is 0 Å². The Labute approximate surface area is 84.7 Å². The fraction of sp³-hybridized carbons (Fsp3) is 0.900. The number of hydrogen-bond acceptors (Lipinski definition) is 2. The van der Waals surface area contributed by atoms with Crippen molar-refractivity contribution in [1.29, 1.82) is 0 Å². The largest absolute Gasteiger partial charge is 0.341 e. The number of alkyl halides is 1. The smallest absolute Gasteiger partial charge is 0.239 e. The predicted octanol–water partition coefficient (Wildman–Crippen LogP) is 0.946. The van der Waals surface area contributed by atoms with Crippen molar-refractivity contribution >= 4 is 5.91 Å². The molecule has 1 unspecified atom stereocenters. The van der Waals surface area contributed by atoms with Crippen LogP contribution in [0.25, 0.3) is 0 Å². The summed E-state index contributed by atoms with van der Waals surface area (Å²) in [6.07, 6.45) is 2.71. The van der Waals surface area contributed by atoms with Crippen molar-refractivity contribution in [3.63, 3.8) is 0 Å². The molecular formula is C10H19FN2O. The third kappa shape index (κ3) is 3.25. The molecular weight excluding hydrogens is 183 g/mol. The first-order valence-electron chi connectivity index (χ1n) is 5.34. The molecule has 1 aliphatic rings. The Kier molecular flexibility index (Phi) is 4.87. The van der Waals surface area contributed by atoms with Crippen molar-refractivity contribution in [2.75, 3.05) is 26.3 Å². The lowest BCUT2D eigenvalue weighted by atomic mass is 10.3. The second-order valence-corrected chi connectivity index (χ2v) is 3.75. The molecule has 0 aromatic carbocycles. The quantitative estimate of drug-likeness (QED) is 0.673. The molecule has 1 aliphatic heterocycles. The SMILES string of the molecule is CC(NCCCF)C(=O)N1CCCC1. The van der Waals surface area contributed by atoms with E-state index in [2.05, 4.69) is 5.32 Å². The highest BCUT2D eigenvalue weighted by Gasteiger charge is 2.22. The first-order chi connectivity index (χ1) is 6.75. The number of halogens is 1. The Morgan fingerprint density at radius 1 is 1.50 bits per heavy atom. The zero-order valence-electron chi connectivity index (χ0n) is 8.76. The number of carbonyl (C=O) groups is 1. The molecule has 1 rings (SSSR count). The lowest BCUT2D eigenvalue weighted by molar-refractivity contribution is -0.131. The summed E-state index contributed by atoms with van der Waals surface area (Å²) >= 11 is 0. The predicted molar refractivity (Wildman–Crippen MR) is 53.9 cm³/mol. The zero-order chi connectivity index (χ0) is 10.4. The molecule has 1 heterocycles. The Morgan fingerprint density at radius 3 is 2.71 bits per heavy atom. The average molecular weight is 202 g/mol. The highest BCUT2D eigenvalue weighted by molar-refractivity contribution is 5.81. The van der Waals surface area contributed by atoms with E-state index in [1.807, 2.05) is 11.8 Å². The third-order valence-electron chi connectivity index (χ3n) is 2.55. The maximum absolute atomic E-state index is 11.8. The Bertz CT molecular complexity index is 181. The molecule has 0 aliphatic carbocycles. The summed E-state index contributed by atoms with van der Waals surface area (Å²) in [5.41, 5.74) is 0. The topological polar surface area (TPSA) is 32.3 Å². The van der Waals surface area contributed by atoms with Crippen molar-refractivity contribution in [2.45, 2.75) is 32.2 Å². The number of nitrogens with one attached hydrogen (secondary N) is 1. The molecule has 0 spiro atoms. The number of amides is 1. The zero-order valence-corrected chi connectivity index (χ0v) is 8.76. The van der Waals surface area contributed by atoms with Crippen LogP contribution < -0.4 is 5.32 Å². The Morgan fingerprint density at radius 2 is 2.14 bits per heavy atom. The van der Waals surface area contributed by atoms with Crippen LogP contribution in [0.4, 0.5) is 4.39 Å². The van der Waals surface area contributed by atoms with Gasteiger partial charge in [0.25, 0.3) is 0 Å². The molecule has 0 bridgehead atoms. The van der Waals surface area contributed by atoms with Gasteiger partial charge in [-0.3, -0.25) is 9.18 Å². The first kappa shape index (κ1) is 11.4. The van der Waals surface area contributed by atoms with Crippen LogP contribution >= 0.6 is 0 Å². The van der Waals surface area contributed by atoms with Crippen LogP contribution in [0.2, 0.25) is 0 Å². The minimum atomic E-state index is -0.322. The van der Waals surface area contributed by atoms with E-state index in [1.165, 1.54) is 0 Å². The highest BCUT2D eigenvalue weighted by atomic mass is 19.1. The molecule has 1 amide bonds. The maximum atomic E-state index is 11.8. The second-order valence-electron chi connectivity index (χ2n) is 3.75. The standard InChI is InChI=1S/C10H19FN2O/c1-9(12-6-4-5-11)10(14)13-7-2-3-8-13/h9,12H,2-8H2,1H3. The summed E-state index contributed by atoms with van der Waals surface area (Å²) in [7, 11) is 0. The average Bonchev–Trinajstić information content (AvgIpc) is 2.69. The molecule has 0 aromatic rings. The van der Waals surface area contributed by atoms with Crippen molar-refractivity contribution in [2.24, 2.45) is 0 Å². The molecule has 14 heavy (non-hydrogen) atoms. The minimum Gasteiger partial charge on any atom is -0.341 e. The first-order valence-corrected chi connectivity index (χ1v) is 5.34. The fourth-order valence-corrected chi connectivity index (χ4v) is 1.68. The van der Waals surface area contributed by atoms with E-state index in [9.17, 15) is 9.18 Å². The van der Waals surface area contributed by atoms with E-state index >= 15 is 0 Å². The number of hydrogen-bond donors (Lipinski definition) is 1. The normalized spacial score (nSPS) is 18.6. The van der Waals surface area contributed by atoms with Gasteiger partial charge in [-0.2, -0.15) is 0 Å². The van der Waals surface area contributed by atoms with Gasteiger partial charge in [-0.25, -0.2) is 0 Å². The molecule has 0 radical (unpaired) electrons. The second kappa shape index (κ2) is 5.96. The van der Waals surface area contributed by atoms with Crippen LogP contribution in [0.15, 0.2) is 0 Å². The molecule has 1 N–H and O–H groups in total. The van der Waals surface area contributed by atoms with Gasteiger partial charge in [-0.15, -0.1) is 0 Å². The lowest BCUT2D eigenvalue weighted by Gasteiger charge is -2.20. The summed E-state index contributed by atoms with van der Waals surface area (Å²) in [6.45, 7) is 3.87. The van der Waals surface area contributed by atoms with Gasteiger partial charge in [0.2, 0.25) is 5.91 Å². The number of nitrogens with zero attached hydrogens (tertiary/aromatic N) is 1. The molecule has 3 nitrogen and oxygen atoms in total. The number of carbonyl (C=O) groups excluding carboxylic acids is 1. The highest BCUT2D eigenvalue weighted by Crippen LogP contribution is 2.08. The molecule has 1 fully saturated rings. The number of likely N-dealkylation sites (tertiary alicyclic amines) is 1. The molecule has 1 saturated heterocycles. The summed E-state index contributed by atoms with van der Waals surface area (Å²) in [5, 5.41) is 3.03. The van der Waals surface area contributed by atoms with Crippen molar-refractivity contribution in [1.82, 2.24) is 10.2 Å². The van der Waals surface area contributed by atoms with E-state index in [-0.39, 0.29) is 18.6 Å². The van der Waals surface area contributed by atoms with Crippen LogP contribution in [-0.4, -0.2) is 43.2 Å². The van der Waals surface area contributed by atoms with Gasteiger partial charge >= 0.3 is 0 Å². The van der Waals surface area contributed by atoms with Crippen LogP contribution in [0, 0.1) is 0 Å². The Balaban J connectivity index is 2.21. The van der Waals surface area contributed by atoms with E-state index < -0.39 is 0 Å². The van der Waals surface area contributed by atoms with Gasteiger partial charge < -0.3 is 10.2 Å². The van der Waals surface area contributed by atoms with E-state index in [1.54, 1.807) is 0 Å². The van der Waals surface area contributed by atoms with E-state index in [0.29, 0.717) is 13.0 Å². The van der Waals surface area contributed by atoms with Crippen LogP contribution in [-0.2, 0) is 4.79 Å². The third-order valence-corrected chi connectivity index (χ3v) is 2.55. The summed E-state index contributed by atoms with van der Waals surface area (Å²) < 4.78 is 11.8. The van der Waals surface area contributed by atoms with E-state index in [4.69, 9.17) is 0 Å². The summed E-state index contributed by atoms with van der Waals surface area (Å²) in [5.74, 6) is 0.154. The molecule has 0 saturated carbocycles. The summed E-state index contributed by atoms with van der Waals surface area (Å²) in [4.78, 5) is 13.6. The van der Waals surface area contributed by atoms with Crippen LogP contribution in [0.3, 0.4) is 0 Å². The van der Waals surface area contributed by atoms with Gasteiger partial charge in [-0.05, 0) is 32.7 Å². The fourth-order valence-electron chi connectivity index (χ4n) is 1.68. The van der Waals surface area contributed by atoms with Gasteiger partial charge in [-0.1, -0.05) is 0 Å². The van der Waals surface area contributed by atoms with Gasteiger partial charge in [0.05, 0.1) is 12.7 Å². The monoisotopic (exact) mass is 202 g/mol. The van der Waals surface area contributed by atoms with Gasteiger partial charge in [0.15, 0.2) is 0 Å². The molecule has 1 atom stereocenters. The van der Waals surface area contributed by atoms with Crippen molar-refractivity contribution < 1.29 is 9.18 Å². The molecule has 0 aromatic heterocycles. The van der Waals surface area contributed by atoms with E-state index in [0.717, 1.165) is 25.9 Å². The maximum Gasteiger partial charge on any atom is 0.239 e. The Hall–Kier alpha value is -0.640. The lowest BCUT2D eigenvalue weighted by Crippen LogP contribution is -2.43. The van der Waals surface area contributed by atoms with Gasteiger partial charge in [0.1, 0.15) is 0 Å². The number of rotatable bonds is 5. The molecule has 4 heteroatoms. The van der Waals surface area contributed by atoms with Crippen LogP contribution in [0.1, 0.15) is 26.2 Å². The van der Waals surface area contributed by atoms with Gasteiger partial charge in [0, 0.05) is 13.1 Å². The minimum absolute atomic E-state index is 0.154. The molecule has 82 valence electrons. The van der Waals surface area contributed by atoms with Crippen LogP contribution in [0.5, 0.6) is 0 Å². The summed E-state index contributed by atoms with van der Waals surface area (Å²) in [6, 6.07) is -0.167.